The summed E-state index contributed by atoms with van der Waals surface area (Å²) in [7, 11) is 0. The topological polar surface area (TPSA) is 38.3 Å². The number of rotatable bonds is 8. The van der Waals surface area contributed by atoms with E-state index >= 15 is 0 Å². The third-order valence-electron chi connectivity index (χ3n) is 6.48. The van der Waals surface area contributed by atoms with E-state index in [1.807, 2.05) is 0 Å². The predicted octanol–water partition coefficient (Wildman–Crippen LogP) is 4.04. The van der Waals surface area contributed by atoms with E-state index < -0.39 is 0 Å². The molecule has 5 aliphatic carbocycles. The summed E-state index contributed by atoms with van der Waals surface area (Å²) in [6, 6.07) is 0. The first-order valence-corrected chi connectivity index (χ1v) is 10.4. The van der Waals surface area contributed by atoms with Crippen molar-refractivity contribution < 1.29 is 9.53 Å². The Labute approximate surface area is 148 Å². The van der Waals surface area contributed by atoms with Crippen molar-refractivity contribution in [2.24, 2.45) is 23.2 Å². The van der Waals surface area contributed by atoms with Gasteiger partial charge in [0.25, 0.3) is 0 Å². The van der Waals surface area contributed by atoms with Crippen molar-refractivity contribution in [1.82, 2.24) is 5.32 Å². The number of halogens is 1. The second-order valence-corrected chi connectivity index (χ2v) is 10.7. The number of amides is 1. The van der Waals surface area contributed by atoms with Crippen molar-refractivity contribution >= 4 is 21.8 Å². The van der Waals surface area contributed by atoms with Crippen LogP contribution in [0.4, 0.5) is 0 Å². The van der Waals surface area contributed by atoms with Crippen LogP contribution in [0.1, 0.15) is 64.2 Å². The fourth-order valence-corrected chi connectivity index (χ4v) is 7.39. The Morgan fingerprint density at radius 1 is 1.17 bits per heavy atom. The summed E-state index contributed by atoms with van der Waals surface area (Å²) in [5.74, 6) is 2.82. The van der Waals surface area contributed by atoms with Gasteiger partial charge in [0.1, 0.15) is 0 Å². The zero-order chi connectivity index (χ0) is 15.9. The predicted molar refractivity (Wildman–Crippen MR) is 94.6 cm³/mol. The molecular weight excluding hydrogens is 354 g/mol. The molecule has 4 bridgehead atoms. The SMILES string of the molecule is O=C(CC12CC3CC(CC(Br)(C3)C1)C2)NCCCOCC1CC1. The van der Waals surface area contributed by atoms with Crippen molar-refractivity contribution in [3.8, 4) is 0 Å². The molecule has 2 unspecified atom stereocenters. The average Bonchev–Trinajstić information content (AvgIpc) is 3.23. The van der Waals surface area contributed by atoms with Gasteiger partial charge in [0, 0.05) is 30.5 Å². The third kappa shape index (κ3) is 3.95. The molecule has 0 aromatic heterocycles. The Bertz CT molecular complexity index is 448. The van der Waals surface area contributed by atoms with Crippen LogP contribution in [0.5, 0.6) is 0 Å². The highest BCUT2D eigenvalue weighted by Gasteiger charge is 2.57. The normalized spacial score (nSPS) is 41.3. The van der Waals surface area contributed by atoms with Crippen molar-refractivity contribution in [3.05, 3.63) is 0 Å². The molecular formula is C19H30BrNO2. The van der Waals surface area contributed by atoms with E-state index in [1.54, 1.807) is 0 Å². The summed E-state index contributed by atoms with van der Waals surface area (Å²) in [4.78, 5) is 12.4. The van der Waals surface area contributed by atoms with Crippen LogP contribution in [0.25, 0.3) is 0 Å². The number of ether oxygens (including phenoxy) is 1. The fourth-order valence-electron chi connectivity index (χ4n) is 5.88. The van der Waals surface area contributed by atoms with Gasteiger partial charge in [-0.15, -0.1) is 0 Å². The van der Waals surface area contributed by atoms with Crippen LogP contribution in [0.2, 0.25) is 0 Å². The van der Waals surface area contributed by atoms with Gasteiger partial charge >= 0.3 is 0 Å². The van der Waals surface area contributed by atoms with Crippen LogP contribution >= 0.6 is 15.9 Å². The summed E-state index contributed by atoms with van der Waals surface area (Å²) in [6.07, 6.45) is 12.3. The molecule has 2 atom stereocenters. The van der Waals surface area contributed by atoms with E-state index in [2.05, 4.69) is 21.2 Å². The van der Waals surface area contributed by atoms with Gasteiger partial charge in [0.15, 0.2) is 0 Å². The summed E-state index contributed by atoms with van der Waals surface area (Å²) >= 11 is 4.03. The van der Waals surface area contributed by atoms with E-state index in [4.69, 9.17) is 4.74 Å². The van der Waals surface area contributed by atoms with E-state index in [0.29, 0.717) is 9.74 Å². The lowest BCUT2D eigenvalue weighted by Crippen LogP contribution is -2.54. The quantitative estimate of drug-likeness (QED) is 0.507. The molecule has 0 aliphatic heterocycles. The van der Waals surface area contributed by atoms with Gasteiger partial charge in [-0.1, -0.05) is 15.9 Å². The van der Waals surface area contributed by atoms with Crippen LogP contribution in [0, 0.1) is 23.2 Å². The van der Waals surface area contributed by atoms with Crippen molar-refractivity contribution in [3.63, 3.8) is 0 Å². The molecule has 5 aliphatic rings. The number of nitrogens with one attached hydrogen (secondary N) is 1. The van der Waals surface area contributed by atoms with E-state index in [0.717, 1.165) is 50.4 Å². The smallest absolute Gasteiger partial charge is 0.220 e. The molecule has 23 heavy (non-hydrogen) atoms. The summed E-state index contributed by atoms with van der Waals surface area (Å²) in [5, 5.41) is 3.14. The minimum Gasteiger partial charge on any atom is -0.381 e. The Morgan fingerprint density at radius 2 is 1.91 bits per heavy atom. The van der Waals surface area contributed by atoms with Gasteiger partial charge in [0.2, 0.25) is 5.91 Å². The van der Waals surface area contributed by atoms with Gasteiger partial charge in [0.05, 0.1) is 0 Å². The molecule has 5 rings (SSSR count). The number of hydrogen-bond acceptors (Lipinski definition) is 2. The second kappa shape index (κ2) is 6.33. The van der Waals surface area contributed by atoms with Crippen LogP contribution < -0.4 is 5.32 Å². The first-order valence-electron chi connectivity index (χ1n) is 9.58. The third-order valence-corrected chi connectivity index (χ3v) is 7.41. The van der Waals surface area contributed by atoms with Crippen LogP contribution in [0.3, 0.4) is 0 Å². The summed E-state index contributed by atoms with van der Waals surface area (Å²) < 4.78 is 5.98. The number of carbonyl (C=O) groups excluding carboxylic acids is 1. The molecule has 5 saturated carbocycles. The Hall–Kier alpha value is -0.0900. The lowest BCUT2D eigenvalue weighted by molar-refractivity contribution is -0.128. The van der Waals surface area contributed by atoms with Crippen molar-refractivity contribution in [2.75, 3.05) is 19.8 Å². The van der Waals surface area contributed by atoms with Crippen LogP contribution in [-0.2, 0) is 9.53 Å². The Kier molecular flexibility index (Phi) is 4.51. The molecule has 1 N–H and O–H groups in total. The molecule has 0 aromatic rings. The second-order valence-electron chi connectivity index (χ2n) is 9.01. The molecule has 130 valence electrons. The minimum atomic E-state index is 0.269. The standard InChI is InChI=1S/C19H30BrNO2/c20-19-9-15-6-16(10-19)8-18(7-15,13-19)11-17(22)21-4-1-5-23-12-14-2-3-14/h14-16H,1-13H2,(H,21,22). The maximum atomic E-state index is 12.4. The van der Waals surface area contributed by atoms with Crippen LogP contribution in [0.15, 0.2) is 0 Å². The van der Waals surface area contributed by atoms with E-state index in [1.165, 1.54) is 51.4 Å². The molecule has 5 fully saturated rings. The number of hydrogen-bond donors (Lipinski definition) is 1. The fraction of sp³-hybridized carbons (Fsp3) is 0.947. The summed E-state index contributed by atoms with van der Waals surface area (Å²) in [6.45, 7) is 2.48. The monoisotopic (exact) mass is 383 g/mol. The first kappa shape index (κ1) is 16.4. The molecule has 1 amide bonds. The Balaban J connectivity index is 1.19. The number of carbonyl (C=O) groups is 1. The van der Waals surface area contributed by atoms with E-state index in [9.17, 15) is 4.79 Å². The molecule has 4 heteroatoms. The van der Waals surface area contributed by atoms with Gasteiger partial charge in [-0.25, -0.2) is 0 Å². The van der Waals surface area contributed by atoms with Gasteiger partial charge < -0.3 is 10.1 Å². The summed E-state index contributed by atoms with van der Waals surface area (Å²) in [5.41, 5.74) is 0.292. The van der Waals surface area contributed by atoms with Gasteiger partial charge in [-0.05, 0) is 81.0 Å². The van der Waals surface area contributed by atoms with Crippen LogP contribution in [-0.4, -0.2) is 30.0 Å². The van der Waals surface area contributed by atoms with E-state index in [-0.39, 0.29) is 5.91 Å². The molecule has 0 radical (unpaired) electrons. The number of alkyl halides is 1. The van der Waals surface area contributed by atoms with Gasteiger partial charge in [-0.2, -0.15) is 0 Å². The van der Waals surface area contributed by atoms with Gasteiger partial charge in [-0.3, -0.25) is 4.79 Å². The highest BCUT2D eigenvalue weighted by Crippen LogP contribution is 2.65. The highest BCUT2D eigenvalue weighted by atomic mass is 79.9. The average molecular weight is 384 g/mol. The molecule has 0 saturated heterocycles. The van der Waals surface area contributed by atoms with Crippen molar-refractivity contribution in [2.45, 2.75) is 68.5 Å². The Morgan fingerprint density at radius 3 is 2.57 bits per heavy atom. The molecule has 0 aromatic carbocycles. The molecule has 3 nitrogen and oxygen atoms in total. The van der Waals surface area contributed by atoms with Crippen molar-refractivity contribution in [1.29, 1.82) is 0 Å². The largest absolute Gasteiger partial charge is 0.381 e. The maximum absolute atomic E-state index is 12.4. The lowest BCUT2D eigenvalue weighted by Gasteiger charge is -2.60. The zero-order valence-electron chi connectivity index (χ0n) is 14.1. The molecule has 0 spiro atoms. The first-order chi connectivity index (χ1) is 11.0. The minimum absolute atomic E-state index is 0.269. The molecule has 0 heterocycles. The lowest BCUT2D eigenvalue weighted by atomic mass is 9.48. The highest BCUT2D eigenvalue weighted by molar-refractivity contribution is 9.10. The zero-order valence-corrected chi connectivity index (χ0v) is 15.7. The maximum Gasteiger partial charge on any atom is 0.220 e.